The van der Waals surface area contributed by atoms with E-state index in [0.717, 1.165) is 22.7 Å². The maximum atomic E-state index is 13.0. The van der Waals surface area contributed by atoms with Gasteiger partial charge in [0.1, 0.15) is 6.54 Å². The fourth-order valence-corrected chi connectivity index (χ4v) is 3.86. The van der Waals surface area contributed by atoms with Crippen molar-refractivity contribution in [2.24, 2.45) is 0 Å². The van der Waals surface area contributed by atoms with Gasteiger partial charge >= 0.3 is 6.18 Å². The molecule has 0 radical (unpaired) electrons. The maximum absolute atomic E-state index is 13.0. The highest BCUT2D eigenvalue weighted by Crippen LogP contribution is 2.32. The second-order valence-corrected chi connectivity index (χ2v) is 9.70. The number of amides is 1. The van der Waals surface area contributed by atoms with E-state index >= 15 is 0 Å². The summed E-state index contributed by atoms with van der Waals surface area (Å²) in [6.07, 6.45) is -3.45. The molecule has 0 saturated carbocycles. The lowest BCUT2D eigenvalue weighted by molar-refractivity contribution is -0.137. The van der Waals surface area contributed by atoms with E-state index < -0.39 is 39.6 Å². The van der Waals surface area contributed by atoms with Crippen molar-refractivity contribution in [2.75, 3.05) is 23.7 Å². The van der Waals surface area contributed by atoms with Crippen LogP contribution in [0.5, 0.6) is 0 Å². The van der Waals surface area contributed by atoms with Crippen LogP contribution in [0.15, 0.2) is 48.5 Å². The molecule has 2 aromatic carbocycles. The van der Waals surface area contributed by atoms with E-state index in [0.29, 0.717) is 16.8 Å². The summed E-state index contributed by atoms with van der Waals surface area (Å²) in [6, 6.07) is 11.7. The summed E-state index contributed by atoms with van der Waals surface area (Å²) in [5.74, 6) is -0.552. The summed E-state index contributed by atoms with van der Waals surface area (Å²) in [6.45, 7) is 4.76. The van der Waals surface area contributed by atoms with Crippen LogP contribution in [0.1, 0.15) is 30.5 Å². The third kappa shape index (κ3) is 5.98. The molecule has 0 heterocycles. The molecule has 0 aromatic heterocycles. The largest absolute Gasteiger partial charge is 0.416 e. The Morgan fingerprint density at radius 1 is 1.03 bits per heavy atom. The van der Waals surface area contributed by atoms with Crippen molar-refractivity contribution < 1.29 is 26.4 Å². The number of benzene rings is 2. The van der Waals surface area contributed by atoms with Gasteiger partial charge in [-0.05, 0) is 30.2 Å². The molecule has 2 rings (SSSR count). The molecule has 0 bridgehead atoms. The highest BCUT2D eigenvalue weighted by atomic mass is 32.2. The van der Waals surface area contributed by atoms with Gasteiger partial charge in [-0.1, -0.05) is 50.2 Å². The quantitative estimate of drug-likeness (QED) is 0.708. The number of rotatable bonds is 7. The third-order valence-electron chi connectivity index (χ3n) is 4.77. The number of aryl methyl sites for hydroxylation is 1. The summed E-state index contributed by atoms with van der Waals surface area (Å²) in [4.78, 5) is 12.5. The van der Waals surface area contributed by atoms with Gasteiger partial charge in [-0.2, -0.15) is 13.2 Å². The van der Waals surface area contributed by atoms with E-state index in [-0.39, 0.29) is 6.54 Å². The first kappa shape index (κ1) is 23.7. The minimum atomic E-state index is -4.46. The minimum Gasteiger partial charge on any atom is -0.354 e. The van der Waals surface area contributed by atoms with E-state index in [9.17, 15) is 26.4 Å². The topological polar surface area (TPSA) is 66.5 Å². The Hall–Kier alpha value is -2.55. The zero-order valence-electron chi connectivity index (χ0n) is 17.2. The second-order valence-electron chi connectivity index (χ2n) is 7.80. The zero-order valence-corrected chi connectivity index (χ0v) is 18.1. The Labute approximate surface area is 175 Å². The highest BCUT2D eigenvalue weighted by Gasteiger charge is 2.32. The summed E-state index contributed by atoms with van der Waals surface area (Å²) < 4.78 is 64.4. The van der Waals surface area contributed by atoms with Crippen LogP contribution in [-0.2, 0) is 26.4 Å². The lowest BCUT2D eigenvalue weighted by Gasteiger charge is -2.28. The van der Waals surface area contributed by atoms with Crippen LogP contribution in [0.25, 0.3) is 0 Å². The number of alkyl halides is 3. The third-order valence-corrected chi connectivity index (χ3v) is 5.90. The summed E-state index contributed by atoms with van der Waals surface area (Å²) in [5.41, 5.74) is -0.0544. The standard InChI is InChI=1S/C21H25F3N2O3S/c1-15-8-5-6-11-18(15)26(30(4,28)29)13-19(27)25-14-20(2,3)16-9-7-10-17(12-16)21(22,23)24/h5-12H,13-14H2,1-4H3,(H,25,27). The van der Waals surface area contributed by atoms with Crippen molar-refractivity contribution in [3.63, 3.8) is 0 Å². The fraction of sp³-hybridized carbons (Fsp3) is 0.381. The first-order valence-corrected chi connectivity index (χ1v) is 11.0. The number of sulfonamides is 1. The Morgan fingerprint density at radius 2 is 1.63 bits per heavy atom. The van der Waals surface area contributed by atoms with Crippen molar-refractivity contribution in [1.29, 1.82) is 0 Å². The van der Waals surface area contributed by atoms with Gasteiger partial charge in [0, 0.05) is 12.0 Å². The molecule has 0 atom stereocenters. The Balaban J connectivity index is 2.15. The molecule has 2 aromatic rings. The Kier molecular flexibility index (Phi) is 6.86. The predicted molar refractivity (Wildman–Crippen MR) is 111 cm³/mol. The number of para-hydroxylation sites is 1. The molecule has 164 valence electrons. The number of carbonyl (C=O) groups excluding carboxylic acids is 1. The maximum Gasteiger partial charge on any atom is 0.416 e. The number of nitrogens with zero attached hydrogens (tertiary/aromatic N) is 1. The molecule has 0 aliphatic heterocycles. The number of hydrogen-bond donors (Lipinski definition) is 1. The van der Waals surface area contributed by atoms with Crippen LogP contribution < -0.4 is 9.62 Å². The molecule has 0 fully saturated rings. The van der Waals surface area contributed by atoms with E-state index in [4.69, 9.17) is 0 Å². The predicted octanol–water partition coefficient (Wildman–Crippen LogP) is 3.87. The highest BCUT2D eigenvalue weighted by molar-refractivity contribution is 7.92. The number of halogens is 3. The van der Waals surface area contributed by atoms with Crippen molar-refractivity contribution in [2.45, 2.75) is 32.4 Å². The fourth-order valence-electron chi connectivity index (χ4n) is 2.95. The van der Waals surface area contributed by atoms with Crippen molar-refractivity contribution >= 4 is 21.6 Å². The van der Waals surface area contributed by atoms with Crippen LogP contribution in [0.3, 0.4) is 0 Å². The first-order chi connectivity index (χ1) is 13.7. The van der Waals surface area contributed by atoms with Gasteiger partial charge in [0.25, 0.3) is 0 Å². The minimum absolute atomic E-state index is 0.0402. The summed E-state index contributed by atoms with van der Waals surface area (Å²) in [5, 5.41) is 2.65. The molecule has 0 aliphatic rings. The van der Waals surface area contributed by atoms with E-state index in [1.54, 1.807) is 51.1 Å². The smallest absolute Gasteiger partial charge is 0.354 e. The van der Waals surface area contributed by atoms with Crippen molar-refractivity contribution in [3.8, 4) is 0 Å². The van der Waals surface area contributed by atoms with Crippen LogP contribution in [-0.4, -0.2) is 33.7 Å². The average Bonchev–Trinajstić information content (AvgIpc) is 2.64. The van der Waals surface area contributed by atoms with Crippen molar-refractivity contribution in [3.05, 3.63) is 65.2 Å². The van der Waals surface area contributed by atoms with Crippen LogP contribution in [0, 0.1) is 6.92 Å². The van der Waals surface area contributed by atoms with E-state index in [1.165, 1.54) is 6.07 Å². The van der Waals surface area contributed by atoms with Gasteiger partial charge in [-0.3, -0.25) is 9.10 Å². The number of carbonyl (C=O) groups is 1. The summed E-state index contributed by atoms with van der Waals surface area (Å²) >= 11 is 0. The lowest BCUT2D eigenvalue weighted by Crippen LogP contribution is -2.44. The lowest BCUT2D eigenvalue weighted by atomic mass is 9.83. The second kappa shape index (κ2) is 8.67. The van der Waals surface area contributed by atoms with Gasteiger partial charge in [-0.15, -0.1) is 0 Å². The average molecular weight is 443 g/mol. The number of hydrogen-bond acceptors (Lipinski definition) is 3. The van der Waals surface area contributed by atoms with Crippen LogP contribution >= 0.6 is 0 Å². The molecule has 30 heavy (non-hydrogen) atoms. The molecule has 9 heteroatoms. The molecular formula is C21H25F3N2O3S. The molecule has 1 N–H and O–H groups in total. The summed E-state index contributed by atoms with van der Waals surface area (Å²) in [7, 11) is -3.72. The monoisotopic (exact) mass is 442 g/mol. The molecule has 0 saturated heterocycles. The van der Waals surface area contributed by atoms with Gasteiger partial charge in [0.15, 0.2) is 0 Å². The molecule has 1 amide bonds. The van der Waals surface area contributed by atoms with Gasteiger partial charge < -0.3 is 5.32 Å². The first-order valence-electron chi connectivity index (χ1n) is 9.19. The molecular weight excluding hydrogens is 417 g/mol. The van der Waals surface area contributed by atoms with E-state index in [1.807, 2.05) is 0 Å². The number of nitrogens with one attached hydrogen (secondary N) is 1. The van der Waals surface area contributed by atoms with Crippen LogP contribution in [0.4, 0.5) is 18.9 Å². The van der Waals surface area contributed by atoms with E-state index in [2.05, 4.69) is 5.32 Å². The van der Waals surface area contributed by atoms with Gasteiger partial charge in [0.05, 0.1) is 17.5 Å². The molecule has 0 aliphatic carbocycles. The molecule has 5 nitrogen and oxygen atoms in total. The SMILES string of the molecule is Cc1ccccc1N(CC(=O)NCC(C)(C)c1cccc(C(F)(F)F)c1)S(C)(=O)=O. The zero-order chi connectivity index (χ0) is 22.7. The van der Waals surface area contributed by atoms with Gasteiger partial charge in [0.2, 0.25) is 15.9 Å². The van der Waals surface area contributed by atoms with Crippen molar-refractivity contribution in [1.82, 2.24) is 5.32 Å². The van der Waals surface area contributed by atoms with Gasteiger partial charge in [-0.25, -0.2) is 8.42 Å². The Morgan fingerprint density at radius 3 is 2.20 bits per heavy atom. The molecule has 0 spiro atoms. The Bertz CT molecular complexity index is 1020. The molecule has 0 unspecified atom stereocenters. The normalized spacial score (nSPS) is 12.5. The number of anilines is 1. The van der Waals surface area contributed by atoms with Crippen LogP contribution in [0.2, 0.25) is 0 Å².